The number of hydrogen-bond acceptors (Lipinski definition) is 2. The van der Waals surface area contributed by atoms with Crippen LogP contribution in [0.4, 0.5) is 0 Å². The van der Waals surface area contributed by atoms with Crippen molar-refractivity contribution in [2.75, 3.05) is 19.6 Å². The Hall–Kier alpha value is -0.570. The number of likely N-dealkylation sites (tertiary alicyclic amines) is 1. The fourth-order valence-corrected chi connectivity index (χ4v) is 2.70. The highest BCUT2D eigenvalue weighted by atomic mass is 16.2. The van der Waals surface area contributed by atoms with Crippen molar-refractivity contribution >= 4 is 5.91 Å². The van der Waals surface area contributed by atoms with E-state index in [1.54, 1.807) is 0 Å². The average molecular weight is 210 g/mol. The van der Waals surface area contributed by atoms with Gasteiger partial charge in [-0.05, 0) is 38.6 Å². The van der Waals surface area contributed by atoms with Crippen molar-refractivity contribution in [3.8, 4) is 0 Å². The van der Waals surface area contributed by atoms with Crippen LogP contribution in [0.25, 0.3) is 0 Å². The molecular formula is C12H22N2O. The van der Waals surface area contributed by atoms with Crippen molar-refractivity contribution in [1.29, 1.82) is 0 Å². The lowest BCUT2D eigenvalue weighted by atomic mass is 9.93. The number of carbonyl (C=O) groups excluding carboxylic acids is 1. The second-order valence-electron chi connectivity index (χ2n) is 5.21. The number of hydrogen-bond donors (Lipinski definition) is 1. The highest BCUT2D eigenvalue weighted by molar-refractivity contribution is 5.79. The van der Waals surface area contributed by atoms with Gasteiger partial charge in [0.1, 0.15) is 0 Å². The molecule has 2 heterocycles. The molecule has 0 aromatic heterocycles. The first-order chi connectivity index (χ1) is 7.18. The molecule has 0 spiro atoms. The van der Waals surface area contributed by atoms with Gasteiger partial charge in [-0.3, -0.25) is 4.79 Å². The fraction of sp³-hybridized carbons (Fsp3) is 0.917. The summed E-state index contributed by atoms with van der Waals surface area (Å²) in [5.41, 5.74) is 0. The lowest BCUT2D eigenvalue weighted by Gasteiger charge is -2.38. The summed E-state index contributed by atoms with van der Waals surface area (Å²) in [7, 11) is 0. The number of nitrogens with zero attached hydrogens (tertiary/aromatic N) is 1. The van der Waals surface area contributed by atoms with Gasteiger partial charge in [-0.1, -0.05) is 6.92 Å². The van der Waals surface area contributed by atoms with Crippen molar-refractivity contribution in [1.82, 2.24) is 10.2 Å². The molecule has 3 heteroatoms. The van der Waals surface area contributed by atoms with Crippen molar-refractivity contribution in [2.24, 2.45) is 11.8 Å². The van der Waals surface area contributed by atoms with Gasteiger partial charge in [0.15, 0.2) is 0 Å². The van der Waals surface area contributed by atoms with Gasteiger partial charge in [0, 0.05) is 19.1 Å². The quantitative estimate of drug-likeness (QED) is 0.706. The summed E-state index contributed by atoms with van der Waals surface area (Å²) in [6, 6.07) is 0.453. The molecule has 86 valence electrons. The summed E-state index contributed by atoms with van der Waals surface area (Å²) in [6.07, 6.45) is 3.47. The summed E-state index contributed by atoms with van der Waals surface area (Å²) in [5.74, 6) is 1.32. The van der Waals surface area contributed by atoms with Gasteiger partial charge in [0.05, 0.1) is 5.92 Å². The fourth-order valence-electron chi connectivity index (χ4n) is 2.70. The Labute approximate surface area is 92.2 Å². The Morgan fingerprint density at radius 1 is 1.27 bits per heavy atom. The standard InChI is InChI=1S/C12H22N2O/c1-9-3-4-10(2)14(8-9)12(15)11-5-6-13-7-11/h9-11,13H,3-8H2,1-2H3. The van der Waals surface area contributed by atoms with Crippen molar-refractivity contribution in [2.45, 2.75) is 39.2 Å². The van der Waals surface area contributed by atoms with Gasteiger partial charge in [-0.25, -0.2) is 0 Å². The summed E-state index contributed by atoms with van der Waals surface area (Å²) >= 11 is 0. The lowest BCUT2D eigenvalue weighted by molar-refractivity contribution is -0.139. The zero-order valence-corrected chi connectivity index (χ0v) is 9.83. The first-order valence-electron chi connectivity index (χ1n) is 6.19. The number of carbonyl (C=O) groups is 1. The Kier molecular flexibility index (Phi) is 3.29. The van der Waals surface area contributed by atoms with Crippen LogP contribution in [0.15, 0.2) is 0 Å². The second-order valence-corrected chi connectivity index (χ2v) is 5.21. The van der Waals surface area contributed by atoms with Crippen LogP contribution in [-0.4, -0.2) is 36.5 Å². The maximum atomic E-state index is 12.2. The Bertz CT molecular complexity index is 236. The van der Waals surface area contributed by atoms with Gasteiger partial charge in [-0.2, -0.15) is 0 Å². The van der Waals surface area contributed by atoms with Crippen molar-refractivity contribution < 1.29 is 4.79 Å². The number of nitrogens with one attached hydrogen (secondary N) is 1. The molecule has 2 aliphatic rings. The minimum atomic E-state index is 0.248. The van der Waals surface area contributed by atoms with E-state index in [2.05, 4.69) is 24.1 Å². The van der Waals surface area contributed by atoms with Crippen LogP contribution in [0, 0.1) is 11.8 Å². The lowest BCUT2D eigenvalue weighted by Crippen LogP contribution is -2.47. The molecule has 1 N–H and O–H groups in total. The minimum absolute atomic E-state index is 0.248. The van der Waals surface area contributed by atoms with E-state index in [0.717, 1.165) is 26.1 Å². The molecule has 3 atom stereocenters. The molecule has 2 aliphatic heterocycles. The van der Waals surface area contributed by atoms with E-state index < -0.39 is 0 Å². The topological polar surface area (TPSA) is 32.3 Å². The van der Waals surface area contributed by atoms with Crippen LogP contribution >= 0.6 is 0 Å². The molecule has 0 aliphatic carbocycles. The van der Waals surface area contributed by atoms with Crippen LogP contribution in [0.2, 0.25) is 0 Å². The van der Waals surface area contributed by atoms with Crippen LogP contribution < -0.4 is 5.32 Å². The highest BCUT2D eigenvalue weighted by Crippen LogP contribution is 2.24. The Morgan fingerprint density at radius 3 is 2.73 bits per heavy atom. The molecule has 3 unspecified atom stereocenters. The molecular weight excluding hydrogens is 188 g/mol. The van der Waals surface area contributed by atoms with Gasteiger partial charge >= 0.3 is 0 Å². The maximum absolute atomic E-state index is 12.2. The average Bonchev–Trinajstić information content (AvgIpc) is 2.74. The van der Waals surface area contributed by atoms with Gasteiger partial charge in [0.25, 0.3) is 0 Å². The molecule has 3 nitrogen and oxygen atoms in total. The molecule has 0 radical (unpaired) electrons. The second kappa shape index (κ2) is 4.52. The smallest absolute Gasteiger partial charge is 0.227 e. The molecule has 0 bridgehead atoms. The summed E-state index contributed by atoms with van der Waals surface area (Å²) < 4.78 is 0. The molecule has 0 saturated carbocycles. The largest absolute Gasteiger partial charge is 0.339 e. The highest BCUT2D eigenvalue weighted by Gasteiger charge is 2.32. The number of amides is 1. The molecule has 2 saturated heterocycles. The SMILES string of the molecule is CC1CCC(C)N(C(=O)C2CCNC2)C1. The van der Waals surface area contributed by atoms with Gasteiger partial charge < -0.3 is 10.2 Å². The molecule has 15 heavy (non-hydrogen) atoms. The minimum Gasteiger partial charge on any atom is -0.339 e. The zero-order valence-electron chi connectivity index (χ0n) is 9.83. The van der Waals surface area contributed by atoms with Crippen LogP contribution in [0.3, 0.4) is 0 Å². The Balaban J connectivity index is 1.97. The molecule has 2 fully saturated rings. The summed E-state index contributed by atoms with van der Waals surface area (Å²) in [4.78, 5) is 14.4. The van der Waals surface area contributed by atoms with Crippen LogP contribution in [-0.2, 0) is 4.79 Å². The van der Waals surface area contributed by atoms with E-state index in [4.69, 9.17) is 0 Å². The molecule has 0 aromatic carbocycles. The van der Waals surface area contributed by atoms with E-state index in [0.29, 0.717) is 17.9 Å². The van der Waals surface area contributed by atoms with E-state index in [-0.39, 0.29) is 5.92 Å². The maximum Gasteiger partial charge on any atom is 0.227 e. The third-order valence-electron chi connectivity index (χ3n) is 3.81. The van der Waals surface area contributed by atoms with E-state index in [9.17, 15) is 4.79 Å². The van der Waals surface area contributed by atoms with Crippen molar-refractivity contribution in [3.05, 3.63) is 0 Å². The Morgan fingerprint density at radius 2 is 2.07 bits per heavy atom. The first-order valence-corrected chi connectivity index (χ1v) is 6.19. The van der Waals surface area contributed by atoms with Crippen LogP contribution in [0.5, 0.6) is 0 Å². The van der Waals surface area contributed by atoms with Gasteiger partial charge in [0.2, 0.25) is 5.91 Å². The summed E-state index contributed by atoms with van der Waals surface area (Å²) in [6.45, 7) is 7.30. The third-order valence-corrected chi connectivity index (χ3v) is 3.81. The molecule has 2 rings (SSSR count). The summed E-state index contributed by atoms with van der Waals surface area (Å²) in [5, 5.41) is 3.27. The third kappa shape index (κ3) is 2.33. The number of piperidine rings is 1. The molecule has 0 aromatic rings. The predicted molar refractivity (Wildman–Crippen MR) is 60.5 cm³/mol. The molecule has 1 amide bonds. The zero-order chi connectivity index (χ0) is 10.8. The normalized spacial score (nSPS) is 36.9. The predicted octanol–water partition coefficient (Wildman–Crippen LogP) is 1.24. The van der Waals surface area contributed by atoms with E-state index >= 15 is 0 Å². The van der Waals surface area contributed by atoms with E-state index in [1.807, 2.05) is 0 Å². The number of rotatable bonds is 1. The van der Waals surface area contributed by atoms with Crippen molar-refractivity contribution in [3.63, 3.8) is 0 Å². The van der Waals surface area contributed by atoms with Gasteiger partial charge in [-0.15, -0.1) is 0 Å². The first kappa shape index (κ1) is 10.9. The monoisotopic (exact) mass is 210 g/mol. The van der Waals surface area contributed by atoms with E-state index in [1.165, 1.54) is 12.8 Å². The van der Waals surface area contributed by atoms with Crippen LogP contribution in [0.1, 0.15) is 33.1 Å².